The van der Waals surface area contributed by atoms with E-state index in [1.54, 1.807) is 35.9 Å². The Morgan fingerprint density at radius 1 is 1.25 bits per heavy atom. The smallest absolute Gasteiger partial charge is 0.153 e. The molecule has 1 aromatic heterocycles. The second-order valence-electron chi connectivity index (χ2n) is 3.63. The molecule has 0 saturated heterocycles. The van der Waals surface area contributed by atoms with Crippen LogP contribution in [-0.4, -0.2) is 21.2 Å². The highest BCUT2D eigenvalue weighted by Crippen LogP contribution is 2.18. The van der Waals surface area contributed by atoms with Gasteiger partial charge in [0.15, 0.2) is 6.29 Å². The van der Waals surface area contributed by atoms with Crippen LogP contribution in [0.4, 0.5) is 0 Å². The molecule has 1 aromatic carbocycles. The molecule has 0 aliphatic rings. The first-order valence-electron chi connectivity index (χ1n) is 4.94. The third-order valence-electron chi connectivity index (χ3n) is 2.56. The molecule has 0 atom stereocenters. The van der Waals surface area contributed by atoms with Crippen LogP contribution in [0.15, 0.2) is 24.3 Å². The Morgan fingerprint density at radius 3 is 2.38 bits per heavy atom. The number of rotatable bonds is 2. The molecule has 0 aliphatic carbocycles. The molecule has 1 N–H and O–H groups in total. The van der Waals surface area contributed by atoms with Crippen LogP contribution in [0, 0.1) is 13.8 Å². The van der Waals surface area contributed by atoms with Gasteiger partial charge in [-0.15, -0.1) is 0 Å². The number of carbonyl (C=O) groups is 1. The molecule has 0 fully saturated rings. The van der Waals surface area contributed by atoms with Crippen molar-refractivity contribution in [1.82, 2.24) is 9.78 Å². The van der Waals surface area contributed by atoms with Gasteiger partial charge in [-0.3, -0.25) is 4.79 Å². The van der Waals surface area contributed by atoms with Crippen molar-refractivity contribution in [3.8, 4) is 11.4 Å². The molecule has 0 unspecified atom stereocenters. The summed E-state index contributed by atoms with van der Waals surface area (Å²) in [6, 6.07) is 6.69. The fourth-order valence-corrected chi connectivity index (χ4v) is 1.67. The lowest BCUT2D eigenvalue weighted by molar-refractivity contribution is 0.112. The van der Waals surface area contributed by atoms with E-state index < -0.39 is 0 Å². The van der Waals surface area contributed by atoms with E-state index >= 15 is 0 Å². The molecule has 4 heteroatoms. The first-order valence-corrected chi connectivity index (χ1v) is 4.94. The summed E-state index contributed by atoms with van der Waals surface area (Å²) in [4.78, 5) is 10.9. The van der Waals surface area contributed by atoms with Crippen molar-refractivity contribution >= 4 is 6.29 Å². The predicted molar refractivity (Wildman–Crippen MR) is 60.1 cm³/mol. The monoisotopic (exact) mass is 216 g/mol. The zero-order valence-electron chi connectivity index (χ0n) is 9.14. The minimum atomic E-state index is 0.209. The van der Waals surface area contributed by atoms with E-state index in [0.717, 1.165) is 17.7 Å². The van der Waals surface area contributed by atoms with Crippen molar-refractivity contribution in [2.24, 2.45) is 0 Å². The molecule has 0 bridgehead atoms. The summed E-state index contributed by atoms with van der Waals surface area (Å²) in [6.07, 6.45) is 0.814. The Morgan fingerprint density at radius 2 is 1.88 bits per heavy atom. The van der Waals surface area contributed by atoms with Crippen LogP contribution in [0.25, 0.3) is 5.69 Å². The molecule has 16 heavy (non-hydrogen) atoms. The Bertz CT molecular complexity index is 527. The average Bonchev–Trinajstić information content (AvgIpc) is 2.55. The molecule has 0 aliphatic heterocycles. The fraction of sp³-hybridized carbons (Fsp3) is 0.167. The normalized spacial score (nSPS) is 10.4. The second kappa shape index (κ2) is 3.81. The van der Waals surface area contributed by atoms with Crippen LogP contribution in [-0.2, 0) is 0 Å². The first-order chi connectivity index (χ1) is 7.63. The van der Waals surface area contributed by atoms with Gasteiger partial charge in [0.1, 0.15) is 5.75 Å². The van der Waals surface area contributed by atoms with Crippen LogP contribution in [0.2, 0.25) is 0 Å². The number of hydrogen-bond donors (Lipinski definition) is 1. The van der Waals surface area contributed by atoms with Crippen molar-refractivity contribution in [1.29, 1.82) is 0 Å². The molecule has 1 heterocycles. The molecule has 0 radical (unpaired) electrons. The largest absolute Gasteiger partial charge is 0.508 e. The summed E-state index contributed by atoms with van der Waals surface area (Å²) in [5.74, 6) is 0.209. The highest BCUT2D eigenvalue weighted by atomic mass is 16.3. The van der Waals surface area contributed by atoms with Gasteiger partial charge in [-0.05, 0) is 38.1 Å². The minimum Gasteiger partial charge on any atom is -0.508 e. The van der Waals surface area contributed by atoms with E-state index in [2.05, 4.69) is 5.10 Å². The Hall–Kier alpha value is -2.10. The number of aldehydes is 1. The number of benzene rings is 1. The maximum atomic E-state index is 10.9. The van der Waals surface area contributed by atoms with Crippen molar-refractivity contribution in [2.45, 2.75) is 13.8 Å². The summed E-state index contributed by atoms with van der Waals surface area (Å²) in [5, 5.41) is 13.5. The van der Waals surface area contributed by atoms with Crippen molar-refractivity contribution in [3.05, 3.63) is 41.2 Å². The quantitative estimate of drug-likeness (QED) is 0.781. The summed E-state index contributed by atoms with van der Waals surface area (Å²) < 4.78 is 1.69. The molecule has 82 valence electrons. The summed E-state index contributed by atoms with van der Waals surface area (Å²) >= 11 is 0. The number of nitrogens with zero attached hydrogens (tertiary/aromatic N) is 2. The highest BCUT2D eigenvalue weighted by Gasteiger charge is 2.11. The zero-order valence-corrected chi connectivity index (χ0v) is 9.14. The number of aromatic hydroxyl groups is 1. The van der Waals surface area contributed by atoms with Crippen molar-refractivity contribution < 1.29 is 9.90 Å². The number of aryl methyl sites for hydroxylation is 1. The molecule has 0 spiro atoms. The fourth-order valence-electron chi connectivity index (χ4n) is 1.67. The van der Waals surface area contributed by atoms with E-state index in [0.29, 0.717) is 11.3 Å². The van der Waals surface area contributed by atoms with Crippen molar-refractivity contribution in [2.75, 3.05) is 0 Å². The van der Waals surface area contributed by atoms with Crippen LogP contribution >= 0.6 is 0 Å². The summed E-state index contributed by atoms with van der Waals surface area (Å²) in [6.45, 7) is 3.64. The van der Waals surface area contributed by atoms with E-state index in [-0.39, 0.29) is 5.75 Å². The maximum absolute atomic E-state index is 10.9. The molecule has 0 saturated carbocycles. The second-order valence-corrected chi connectivity index (χ2v) is 3.63. The highest BCUT2D eigenvalue weighted by molar-refractivity contribution is 5.78. The van der Waals surface area contributed by atoms with Gasteiger partial charge in [-0.1, -0.05) is 0 Å². The minimum absolute atomic E-state index is 0.209. The molecule has 2 rings (SSSR count). The van der Waals surface area contributed by atoms with Gasteiger partial charge in [0.05, 0.1) is 22.6 Å². The molecular formula is C12H12N2O2. The number of aromatic nitrogens is 2. The van der Waals surface area contributed by atoms with Crippen LogP contribution < -0.4 is 0 Å². The van der Waals surface area contributed by atoms with Crippen LogP contribution in [0.5, 0.6) is 5.75 Å². The number of hydrogen-bond acceptors (Lipinski definition) is 3. The topological polar surface area (TPSA) is 55.1 Å². The number of phenols is 1. The van der Waals surface area contributed by atoms with E-state index in [1.165, 1.54) is 0 Å². The Labute approximate surface area is 93.1 Å². The average molecular weight is 216 g/mol. The van der Waals surface area contributed by atoms with Gasteiger partial charge in [-0.25, -0.2) is 4.68 Å². The van der Waals surface area contributed by atoms with Gasteiger partial charge in [0.2, 0.25) is 0 Å². The van der Waals surface area contributed by atoms with Gasteiger partial charge < -0.3 is 5.11 Å². The Balaban J connectivity index is 2.56. The standard InChI is InChI=1S/C12H12N2O2/c1-8-12(7-15)9(2)14(13-8)10-3-5-11(16)6-4-10/h3-7,16H,1-2H3. The van der Waals surface area contributed by atoms with Gasteiger partial charge >= 0.3 is 0 Å². The third-order valence-corrected chi connectivity index (χ3v) is 2.56. The Kier molecular flexibility index (Phi) is 2.48. The van der Waals surface area contributed by atoms with E-state index in [9.17, 15) is 9.90 Å². The van der Waals surface area contributed by atoms with Crippen LogP contribution in [0.1, 0.15) is 21.7 Å². The van der Waals surface area contributed by atoms with Gasteiger partial charge in [-0.2, -0.15) is 5.10 Å². The van der Waals surface area contributed by atoms with Gasteiger partial charge in [0.25, 0.3) is 0 Å². The molecule has 4 nitrogen and oxygen atoms in total. The lowest BCUT2D eigenvalue weighted by Gasteiger charge is -2.03. The van der Waals surface area contributed by atoms with Gasteiger partial charge in [0, 0.05) is 0 Å². The molecular weight excluding hydrogens is 204 g/mol. The van der Waals surface area contributed by atoms with Crippen molar-refractivity contribution in [3.63, 3.8) is 0 Å². The zero-order chi connectivity index (χ0) is 11.7. The first kappa shape index (κ1) is 10.4. The van der Waals surface area contributed by atoms with Crippen LogP contribution in [0.3, 0.4) is 0 Å². The van der Waals surface area contributed by atoms with E-state index in [1.807, 2.05) is 6.92 Å². The summed E-state index contributed by atoms with van der Waals surface area (Å²) in [7, 11) is 0. The molecule has 0 amide bonds. The molecule has 2 aromatic rings. The maximum Gasteiger partial charge on any atom is 0.153 e. The third kappa shape index (κ3) is 1.58. The SMILES string of the molecule is Cc1nn(-c2ccc(O)cc2)c(C)c1C=O. The number of carbonyl (C=O) groups excluding carboxylic acids is 1. The number of phenolic OH excluding ortho intramolecular Hbond substituents is 1. The van der Waals surface area contributed by atoms with E-state index in [4.69, 9.17) is 0 Å². The lowest BCUT2D eigenvalue weighted by atomic mass is 10.2. The predicted octanol–water partition coefficient (Wildman–Crippen LogP) is 2.01. The lowest BCUT2D eigenvalue weighted by Crippen LogP contribution is -1.98. The summed E-state index contributed by atoms with van der Waals surface area (Å²) in [5.41, 5.74) is 2.96.